The zero-order valence-electron chi connectivity index (χ0n) is 13.8. The maximum atomic E-state index is 4.61. The number of rotatable bonds is 4. The van der Waals surface area contributed by atoms with E-state index in [2.05, 4.69) is 65.3 Å². The predicted octanol–water partition coefficient (Wildman–Crippen LogP) is 2.59. The number of benzene rings is 1. The highest BCUT2D eigenvalue weighted by molar-refractivity contribution is 5.91. The fraction of sp³-hybridized carbons (Fsp3) is 0.500. The molecule has 3 rings (SSSR count). The minimum Gasteiger partial charge on any atom is -0.381 e. The Hall–Kier alpha value is -1.65. The fourth-order valence-corrected chi connectivity index (χ4v) is 3.16. The first-order valence-electron chi connectivity index (χ1n) is 8.15. The molecule has 0 radical (unpaired) electrons. The van der Waals surface area contributed by atoms with Gasteiger partial charge >= 0.3 is 0 Å². The van der Waals surface area contributed by atoms with Crippen LogP contribution in [0, 0.1) is 6.92 Å². The van der Waals surface area contributed by atoms with E-state index in [1.165, 1.54) is 37.3 Å². The van der Waals surface area contributed by atoms with Crippen molar-refractivity contribution in [3.63, 3.8) is 0 Å². The van der Waals surface area contributed by atoms with Gasteiger partial charge in [0.1, 0.15) is 0 Å². The first-order chi connectivity index (χ1) is 10.6. The highest BCUT2D eigenvalue weighted by atomic mass is 15.3. The van der Waals surface area contributed by atoms with E-state index < -0.39 is 0 Å². The highest BCUT2D eigenvalue weighted by Crippen LogP contribution is 2.23. The third-order valence-electron chi connectivity index (χ3n) is 4.37. The molecular formula is C18H26N4. The molecule has 1 aliphatic rings. The van der Waals surface area contributed by atoms with Gasteiger partial charge in [0.25, 0.3) is 0 Å². The van der Waals surface area contributed by atoms with Crippen LogP contribution in [-0.2, 0) is 0 Å². The molecule has 4 heteroatoms. The number of pyridine rings is 1. The molecule has 1 fully saturated rings. The molecule has 1 aromatic carbocycles. The van der Waals surface area contributed by atoms with Gasteiger partial charge < -0.3 is 10.2 Å². The molecule has 2 heterocycles. The highest BCUT2D eigenvalue weighted by Gasteiger charge is 2.16. The van der Waals surface area contributed by atoms with Crippen molar-refractivity contribution in [3.8, 4) is 0 Å². The molecule has 1 aliphatic heterocycles. The maximum Gasteiger partial charge on any atom is 0.0725 e. The van der Waals surface area contributed by atoms with Gasteiger partial charge in [-0.3, -0.25) is 9.88 Å². The number of likely N-dealkylation sites (N-methyl/N-ethyl adjacent to an activating group) is 1. The lowest BCUT2D eigenvalue weighted by atomic mass is 10.1. The summed E-state index contributed by atoms with van der Waals surface area (Å²) in [5.74, 6) is 0. The first kappa shape index (κ1) is 15.3. The van der Waals surface area contributed by atoms with Gasteiger partial charge in [0.2, 0.25) is 0 Å². The van der Waals surface area contributed by atoms with Crippen LogP contribution in [0.15, 0.2) is 30.3 Å². The number of para-hydroxylation sites is 1. The summed E-state index contributed by atoms with van der Waals surface area (Å²) in [6, 6.07) is 10.9. The predicted molar refractivity (Wildman–Crippen MR) is 93.5 cm³/mol. The number of piperazine rings is 1. The van der Waals surface area contributed by atoms with E-state index >= 15 is 0 Å². The Morgan fingerprint density at radius 2 is 1.91 bits per heavy atom. The van der Waals surface area contributed by atoms with E-state index in [4.69, 9.17) is 0 Å². The van der Waals surface area contributed by atoms with Crippen molar-refractivity contribution in [2.75, 3.05) is 45.1 Å². The van der Waals surface area contributed by atoms with E-state index in [9.17, 15) is 0 Å². The Morgan fingerprint density at radius 3 is 2.68 bits per heavy atom. The van der Waals surface area contributed by atoms with Gasteiger partial charge in [-0.05, 0) is 33.0 Å². The molecule has 0 amide bonds. The number of aryl methyl sites for hydroxylation is 1. The minimum atomic E-state index is 0.425. The largest absolute Gasteiger partial charge is 0.381 e. The molecule has 22 heavy (non-hydrogen) atoms. The molecule has 0 spiro atoms. The lowest BCUT2D eigenvalue weighted by Gasteiger charge is -2.34. The molecule has 0 saturated carbocycles. The van der Waals surface area contributed by atoms with Crippen LogP contribution in [0.5, 0.6) is 0 Å². The smallest absolute Gasteiger partial charge is 0.0725 e. The second-order valence-electron chi connectivity index (χ2n) is 6.48. The molecule has 2 aromatic rings. The van der Waals surface area contributed by atoms with Gasteiger partial charge in [-0.2, -0.15) is 0 Å². The van der Waals surface area contributed by atoms with Crippen LogP contribution >= 0.6 is 0 Å². The quantitative estimate of drug-likeness (QED) is 0.940. The van der Waals surface area contributed by atoms with E-state index in [0.717, 1.165) is 17.8 Å². The fourth-order valence-electron chi connectivity index (χ4n) is 3.16. The third-order valence-corrected chi connectivity index (χ3v) is 4.37. The van der Waals surface area contributed by atoms with E-state index in [-0.39, 0.29) is 0 Å². The summed E-state index contributed by atoms with van der Waals surface area (Å²) in [6.45, 7) is 10.1. The molecule has 4 nitrogen and oxygen atoms in total. The van der Waals surface area contributed by atoms with Gasteiger partial charge in [0.15, 0.2) is 0 Å². The number of hydrogen-bond acceptors (Lipinski definition) is 4. The Bertz CT molecular complexity index is 632. The minimum absolute atomic E-state index is 0.425. The SMILES string of the molecule is Cc1cc(NC(C)CN2CCN(C)CC2)c2ccccc2n1. The lowest BCUT2D eigenvalue weighted by molar-refractivity contribution is 0.151. The Labute approximate surface area is 133 Å². The molecule has 1 saturated heterocycles. The molecule has 1 N–H and O–H groups in total. The van der Waals surface area contributed by atoms with E-state index in [1.54, 1.807) is 0 Å². The van der Waals surface area contributed by atoms with E-state index in [0.29, 0.717) is 6.04 Å². The molecule has 1 atom stereocenters. The van der Waals surface area contributed by atoms with Crippen LogP contribution in [-0.4, -0.2) is 60.6 Å². The van der Waals surface area contributed by atoms with Crippen molar-refractivity contribution in [2.24, 2.45) is 0 Å². The van der Waals surface area contributed by atoms with Crippen molar-refractivity contribution in [3.05, 3.63) is 36.0 Å². The zero-order valence-corrected chi connectivity index (χ0v) is 13.8. The monoisotopic (exact) mass is 298 g/mol. The summed E-state index contributed by atoms with van der Waals surface area (Å²) >= 11 is 0. The molecule has 118 valence electrons. The zero-order chi connectivity index (χ0) is 15.5. The van der Waals surface area contributed by atoms with Crippen molar-refractivity contribution in [1.82, 2.24) is 14.8 Å². The van der Waals surface area contributed by atoms with Gasteiger partial charge in [-0.25, -0.2) is 0 Å². The molecule has 1 aromatic heterocycles. The molecular weight excluding hydrogens is 272 g/mol. The topological polar surface area (TPSA) is 31.4 Å². The number of fused-ring (bicyclic) bond motifs is 1. The first-order valence-corrected chi connectivity index (χ1v) is 8.15. The Kier molecular flexibility index (Phi) is 4.60. The average molecular weight is 298 g/mol. The van der Waals surface area contributed by atoms with Crippen molar-refractivity contribution in [1.29, 1.82) is 0 Å². The molecule has 0 aliphatic carbocycles. The normalized spacial score (nSPS) is 18.5. The third kappa shape index (κ3) is 3.57. The summed E-state index contributed by atoms with van der Waals surface area (Å²) in [7, 11) is 2.20. The molecule has 1 unspecified atom stereocenters. The van der Waals surface area contributed by atoms with Gasteiger partial charge in [0.05, 0.1) is 5.52 Å². The standard InChI is InChI=1S/C18H26N4/c1-14-12-18(16-6-4-5-7-17(16)19-14)20-15(2)13-22-10-8-21(3)9-11-22/h4-7,12,15H,8-11,13H2,1-3H3,(H,19,20). The van der Waals surface area contributed by atoms with Crippen LogP contribution < -0.4 is 5.32 Å². The summed E-state index contributed by atoms with van der Waals surface area (Å²) in [5.41, 5.74) is 3.33. The van der Waals surface area contributed by atoms with Crippen LogP contribution in [0.1, 0.15) is 12.6 Å². The van der Waals surface area contributed by atoms with Crippen LogP contribution in [0.2, 0.25) is 0 Å². The lowest BCUT2D eigenvalue weighted by Crippen LogP contribution is -2.47. The summed E-state index contributed by atoms with van der Waals surface area (Å²) in [4.78, 5) is 9.56. The number of nitrogens with one attached hydrogen (secondary N) is 1. The second-order valence-corrected chi connectivity index (χ2v) is 6.48. The summed E-state index contributed by atoms with van der Waals surface area (Å²) < 4.78 is 0. The number of anilines is 1. The van der Waals surface area contributed by atoms with Crippen LogP contribution in [0.3, 0.4) is 0 Å². The van der Waals surface area contributed by atoms with E-state index in [1.807, 2.05) is 6.07 Å². The Morgan fingerprint density at radius 1 is 1.18 bits per heavy atom. The second kappa shape index (κ2) is 6.63. The average Bonchev–Trinajstić information content (AvgIpc) is 2.49. The summed E-state index contributed by atoms with van der Waals surface area (Å²) in [5, 5.41) is 4.90. The van der Waals surface area contributed by atoms with Crippen molar-refractivity contribution < 1.29 is 0 Å². The van der Waals surface area contributed by atoms with Crippen LogP contribution in [0.4, 0.5) is 5.69 Å². The van der Waals surface area contributed by atoms with Crippen molar-refractivity contribution >= 4 is 16.6 Å². The number of hydrogen-bond donors (Lipinski definition) is 1. The molecule has 0 bridgehead atoms. The van der Waals surface area contributed by atoms with Crippen molar-refractivity contribution in [2.45, 2.75) is 19.9 Å². The number of aromatic nitrogens is 1. The maximum absolute atomic E-state index is 4.61. The van der Waals surface area contributed by atoms with Gasteiger partial charge in [-0.15, -0.1) is 0 Å². The van der Waals surface area contributed by atoms with Gasteiger partial charge in [-0.1, -0.05) is 18.2 Å². The summed E-state index contributed by atoms with van der Waals surface area (Å²) in [6.07, 6.45) is 0. The number of nitrogens with zero attached hydrogens (tertiary/aromatic N) is 3. The van der Waals surface area contributed by atoms with Crippen LogP contribution in [0.25, 0.3) is 10.9 Å². The Balaban J connectivity index is 1.70. The van der Waals surface area contributed by atoms with Gasteiger partial charge in [0, 0.05) is 55.5 Å².